The first-order valence-corrected chi connectivity index (χ1v) is 10.8. The topological polar surface area (TPSA) is 81.2 Å². The largest absolute Gasteiger partial charge is 0.464 e. The molecule has 158 valence electrons. The molecule has 4 aromatic rings. The summed E-state index contributed by atoms with van der Waals surface area (Å²) in [5, 5.41) is 2.23. The number of nitrogens with zero attached hydrogens (tertiary/aromatic N) is 1. The molecule has 0 spiro atoms. The first kappa shape index (κ1) is 20.8. The van der Waals surface area contributed by atoms with Crippen LogP contribution in [0.25, 0.3) is 32.5 Å². The highest BCUT2D eigenvalue weighted by Crippen LogP contribution is 2.32. The lowest BCUT2D eigenvalue weighted by Crippen LogP contribution is -2.51. The van der Waals surface area contributed by atoms with E-state index >= 15 is 0 Å². The van der Waals surface area contributed by atoms with Crippen LogP contribution in [-0.2, 0) is 15.1 Å². The van der Waals surface area contributed by atoms with E-state index in [1.54, 1.807) is 6.92 Å². The van der Waals surface area contributed by atoms with Crippen molar-refractivity contribution in [3.63, 3.8) is 0 Å². The van der Waals surface area contributed by atoms with Gasteiger partial charge >= 0.3 is 11.7 Å². The lowest BCUT2D eigenvalue weighted by atomic mass is 10.0. The number of ether oxygens (including phenoxy) is 1. The molecule has 2 heterocycles. The molecular formula is C24H22N2O4S. The summed E-state index contributed by atoms with van der Waals surface area (Å²) in [6, 6.07) is 17.9. The predicted molar refractivity (Wildman–Crippen MR) is 124 cm³/mol. The Morgan fingerprint density at radius 2 is 1.61 bits per heavy atom. The highest BCUT2D eigenvalue weighted by molar-refractivity contribution is 7.17. The lowest BCUT2D eigenvalue weighted by molar-refractivity contribution is -0.152. The van der Waals surface area contributed by atoms with Crippen LogP contribution in [0.3, 0.4) is 0 Å². The minimum atomic E-state index is -1.44. The van der Waals surface area contributed by atoms with Gasteiger partial charge < -0.3 is 4.74 Å². The van der Waals surface area contributed by atoms with Crippen LogP contribution in [0, 0.1) is 0 Å². The Kier molecular flexibility index (Phi) is 5.37. The Morgan fingerprint density at radius 1 is 1.00 bits per heavy atom. The maximum Gasteiger partial charge on any atom is 0.332 e. The summed E-state index contributed by atoms with van der Waals surface area (Å²) < 4.78 is 6.03. The number of esters is 1. The van der Waals surface area contributed by atoms with Crippen LogP contribution in [0.2, 0.25) is 0 Å². The number of benzene rings is 2. The zero-order valence-corrected chi connectivity index (χ0v) is 18.3. The minimum Gasteiger partial charge on any atom is -0.464 e. The Hall–Kier alpha value is -3.45. The van der Waals surface area contributed by atoms with Crippen molar-refractivity contribution in [3.8, 4) is 22.3 Å². The van der Waals surface area contributed by atoms with E-state index in [9.17, 15) is 14.4 Å². The summed E-state index contributed by atoms with van der Waals surface area (Å²) in [4.78, 5) is 41.7. The third-order valence-electron chi connectivity index (χ3n) is 5.27. The van der Waals surface area contributed by atoms with Gasteiger partial charge in [0, 0.05) is 10.9 Å². The summed E-state index contributed by atoms with van der Waals surface area (Å²) in [6.45, 7) is 4.86. The number of rotatable bonds is 5. The minimum absolute atomic E-state index is 0.161. The van der Waals surface area contributed by atoms with E-state index in [-0.39, 0.29) is 6.61 Å². The summed E-state index contributed by atoms with van der Waals surface area (Å²) in [6.07, 6.45) is 0. The molecule has 6 nitrogen and oxygen atoms in total. The Morgan fingerprint density at radius 3 is 2.26 bits per heavy atom. The molecule has 0 aliphatic rings. The van der Waals surface area contributed by atoms with Gasteiger partial charge in [-0.15, -0.1) is 11.3 Å². The molecular weight excluding hydrogens is 412 g/mol. The van der Waals surface area contributed by atoms with Gasteiger partial charge in [0.25, 0.3) is 5.56 Å². The van der Waals surface area contributed by atoms with Crippen LogP contribution >= 0.6 is 11.3 Å². The number of hydrogen-bond acceptors (Lipinski definition) is 5. The fourth-order valence-corrected chi connectivity index (χ4v) is 4.56. The second-order valence-corrected chi connectivity index (χ2v) is 8.53. The van der Waals surface area contributed by atoms with Gasteiger partial charge in [-0.25, -0.2) is 14.2 Å². The van der Waals surface area contributed by atoms with E-state index in [1.165, 1.54) is 25.2 Å². The SMILES string of the molecule is CCOC(=O)C(C)(C)n1c(=O)[nH]c2scc(-c3ccc(-c4ccccc4)cc3)c2c1=O. The average molecular weight is 435 g/mol. The molecule has 2 aromatic carbocycles. The Bertz CT molecular complexity index is 1360. The first-order chi connectivity index (χ1) is 14.8. The quantitative estimate of drug-likeness (QED) is 0.473. The summed E-state index contributed by atoms with van der Waals surface area (Å²) in [7, 11) is 0. The number of fused-ring (bicyclic) bond motifs is 1. The molecule has 0 amide bonds. The van der Waals surface area contributed by atoms with Gasteiger partial charge in [-0.3, -0.25) is 9.78 Å². The molecule has 0 saturated carbocycles. The van der Waals surface area contributed by atoms with Crippen LogP contribution in [0.5, 0.6) is 0 Å². The highest BCUT2D eigenvalue weighted by Gasteiger charge is 2.35. The fraction of sp³-hybridized carbons (Fsp3) is 0.208. The number of hydrogen-bond donors (Lipinski definition) is 1. The number of H-pyrrole nitrogens is 1. The molecule has 2 aromatic heterocycles. The third kappa shape index (κ3) is 3.61. The molecule has 0 fully saturated rings. The van der Waals surface area contributed by atoms with Crippen LogP contribution in [0.15, 0.2) is 69.6 Å². The van der Waals surface area contributed by atoms with Crippen molar-refractivity contribution < 1.29 is 9.53 Å². The van der Waals surface area contributed by atoms with E-state index < -0.39 is 22.8 Å². The van der Waals surface area contributed by atoms with E-state index in [1.807, 2.05) is 60.0 Å². The van der Waals surface area contributed by atoms with Crippen molar-refractivity contribution in [1.29, 1.82) is 0 Å². The van der Waals surface area contributed by atoms with Gasteiger partial charge in [0.15, 0.2) is 0 Å². The molecule has 1 N–H and O–H groups in total. The molecule has 0 aliphatic carbocycles. The van der Waals surface area contributed by atoms with E-state index in [2.05, 4.69) is 4.98 Å². The van der Waals surface area contributed by atoms with Gasteiger partial charge in [-0.1, -0.05) is 54.6 Å². The van der Waals surface area contributed by atoms with Crippen LogP contribution in [0.1, 0.15) is 20.8 Å². The number of carbonyl (C=O) groups excluding carboxylic acids is 1. The van der Waals surface area contributed by atoms with E-state index in [4.69, 9.17) is 4.74 Å². The second kappa shape index (κ2) is 8.00. The molecule has 0 aliphatic heterocycles. The molecule has 4 rings (SSSR count). The van der Waals surface area contributed by atoms with Crippen LogP contribution in [-0.4, -0.2) is 22.1 Å². The molecule has 0 saturated heterocycles. The van der Waals surface area contributed by atoms with Crippen LogP contribution < -0.4 is 11.2 Å². The summed E-state index contributed by atoms with van der Waals surface area (Å²) in [5.41, 5.74) is 1.16. The van der Waals surface area contributed by atoms with Crippen molar-refractivity contribution in [2.45, 2.75) is 26.3 Å². The second-order valence-electron chi connectivity index (χ2n) is 7.65. The predicted octanol–water partition coefficient (Wildman–Crippen LogP) is 4.38. The monoisotopic (exact) mass is 434 g/mol. The Labute approximate surface area is 182 Å². The fourth-order valence-electron chi connectivity index (χ4n) is 3.61. The van der Waals surface area contributed by atoms with Gasteiger partial charge in [-0.2, -0.15) is 0 Å². The average Bonchev–Trinajstić information content (AvgIpc) is 3.18. The van der Waals surface area contributed by atoms with Gasteiger partial charge in [0.2, 0.25) is 0 Å². The normalized spacial score (nSPS) is 11.6. The van der Waals surface area contributed by atoms with Gasteiger partial charge in [-0.05, 0) is 37.5 Å². The molecule has 0 bridgehead atoms. The maximum atomic E-state index is 13.4. The third-order valence-corrected chi connectivity index (χ3v) is 6.16. The van der Waals surface area contributed by atoms with Crippen molar-refractivity contribution >= 4 is 27.5 Å². The summed E-state index contributed by atoms with van der Waals surface area (Å²) >= 11 is 1.29. The molecule has 0 atom stereocenters. The highest BCUT2D eigenvalue weighted by atomic mass is 32.1. The zero-order chi connectivity index (χ0) is 22.2. The molecule has 0 unspecified atom stereocenters. The number of aromatic nitrogens is 2. The number of aromatic amines is 1. The van der Waals surface area contributed by atoms with Crippen molar-refractivity contribution in [2.24, 2.45) is 0 Å². The van der Waals surface area contributed by atoms with Crippen molar-refractivity contribution in [2.75, 3.05) is 6.61 Å². The zero-order valence-electron chi connectivity index (χ0n) is 17.5. The molecule has 7 heteroatoms. The molecule has 0 radical (unpaired) electrons. The number of carbonyl (C=O) groups is 1. The van der Waals surface area contributed by atoms with Gasteiger partial charge in [0.05, 0.1) is 12.0 Å². The van der Waals surface area contributed by atoms with E-state index in [0.29, 0.717) is 15.8 Å². The first-order valence-electron chi connectivity index (χ1n) is 9.94. The molecule has 31 heavy (non-hydrogen) atoms. The number of nitrogens with one attached hydrogen (secondary N) is 1. The standard InChI is InChI=1S/C24H22N2O4S/c1-4-30-22(28)24(2,3)26-21(27)19-18(14-31-20(19)25-23(26)29)17-12-10-16(11-13-17)15-8-6-5-7-9-15/h5-14H,4H2,1-3H3,(H,25,29). The smallest absolute Gasteiger partial charge is 0.332 e. The van der Waals surface area contributed by atoms with Crippen molar-refractivity contribution in [1.82, 2.24) is 9.55 Å². The lowest BCUT2D eigenvalue weighted by Gasteiger charge is -2.24. The summed E-state index contributed by atoms with van der Waals surface area (Å²) in [5.74, 6) is -0.633. The Balaban J connectivity index is 1.85. The van der Waals surface area contributed by atoms with Crippen molar-refractivity contribution in [3.05, 3.63) is 80.8 Å². The number of thiophene rings is 1. The van der Waals surface area contributed by atoms with Crippen LogP contribution in [0.4, 0.5) is 0 Å². The maximum absolute atomic E-state index is 13.4. The van der Waals surface area contributed by atoms with Gasteiger partial charge in [0.1, 0.15) is 10.4 Å². The van der Waals surface area contributed by atoms with E-state index in [0.717, 1.165) is 21.3 Å².